The fourth-order valence-electron chi connectivity index (χ4n) is 3.25. The summed E-state index contributed by atoms with van der Waals surface area (Å²) in [5.74, 6) is 0.856. The third-order valence-corrected chi connectivity index (χ3v) is 5.53. The zero-order chi connectivity index (χ0) is 16.8. The molecule has 1 fully saturated rings. The number of aromatic nitrogens is 1. The number of alkyl halides is 3. The first-order chi connectivity index (χ1) is 10.7. The molecule has 0 aliphatic carbocycles. The molecule has 0 saturated carbocycles. The second-order valence-corrected chi connectivity index (χ2v) is 7.37. The smallest absolute Gasteiger partial charge is 0.379 e. The number of likely N-dealkylation sites (tertiary alicyclic amines) is 1. The van der Waals surface area contributed by atoms with Crippen molar-refractivity contribution < 1.29 is 13.2 Å². The lowest BCUT2D eigenvalue weighted by Crippen LogP contribution is -2.41. The van der Waals surface area contributed by atoms with Gasteiger partial charge >= 0.3 is 6.18 Å². The van der Waals surface area contributed by atoms with Gasteiger partial charge in [0.05, 0.1) is 11.3 Å². The van der Waals surface area contributed by atoms with Gasteiger partial charge in [0.15, 0.2) is 5.17 Å². The fourth-order valence-corrected chi connectivity index (χ4v) is 4.23. The maximum Gasteiger partial charge on any atom is 0.416 e. The van der Waals surface area contributed by atoms with Crippen LogP contribution in [0, 0.1) is 5.92 Å². The summed E-state index contributed by atoms with van der Waals surface area (Å²) in [6.07, 6.45) is -3.17. The van der Waals surface area contributed by atoms with E-state index >= 15 is 0 Å². The summed E-state index contributed by atoms with van der Waals surface area (Å²) in [5, 5.41) is 0.422. The molecule has 8 heteroatoms. The molecule has 2 aliphatic heterocycles. The number of fused-ring (bicyclic) bond motifs is 1. The average Bonchev–Trinajstić information content (AvgIpc) is 2.86. The zero-order valence-corrected chi connectivity index (χ0v) is 13.8. The Hall–Kier alpha value is -1.28. The Morgan fingerprint density at radius 2 is 2.17 bits per heavy atom. The summed E-state index contributed by atoms with van der Waals surface area (Å²) in [5.41, 5.74) is 4.80. The highest BCUT2D eigenvalue weighted by Gasteiger charge is 2.51. The Morgan fingerprint density at radius 1 is 1.43 bits per heavy atom. The minimum atomic E-state index is -4.39. The van der Waals surface area contributed by atoms with Crippen molar-refractivity contribution in [3.63, 3.8) is 0 Å². The van der Waals surface area contributed by atoms with Gasteiger partial charge < -0.3 is 5.73 Å². The Morgan fingerprint density at radius 3 is 2.83 bits per heavy atom. The van der Waals surface area contributed by atoms with Crippen molar-refractivity contribution in [1.29, 1.82) is 0 Å². The number of nitrogens with two attached hydrogens (primary N) is 1. The molecule has 0 amide bonds. The van der Waals surface area contributed by atoms with Crippen LogP contribution < -0.4 is 5.73 Å². The van der Waals surface area contributed by atoms with Crippen LogP contribution in [0.5, 0.6) is 0 Å². The van der Waals surface area contributed by atoms with E-state index in [0.717, 1.165) is 24.4 Å². The summed E-state index contributed by atoms with van der Waals surface area (Å²) in [7, 11) is 0. The van der Waals surface area contributed by atoms with Crippen LogP contribution in [0.3, 0.4) is 0 Å². The van der Waals surface area contributed by atoms with Crippen LogP contribution in [0.15, 0.2) is 23.3 Å². The van der Waals surface area contributed by atoms with E-state index in [0.29, 0.717) is 23.4 Å². The number of hydrogen-bond acceptors (Lipinski definition) is 5. The number of nitrogens with zero attached hydrogens (tertiary/aromatic N) is 3. The van der Waals surface area contributed by atoms with Gasteiger partial charge in [0.1, 0.15) is 5.54 Å². The monoisotopic (exact) mass is 344 g/mol. The molecule has 0 bridgehead atoms. The maximum absolute atomic E-state index is 13.1. The van der Waals surface area contributed by atoms with Gasteiger partial charge in [-0.25, -0.2) is 4.99 Å². The van der Waals surface area contributed by atoms with Gasteiger partial charge in [0, 0.05) is 37.0 Å². The lowest BCUT2D eigenvalue weighted by molar-refractivity contribution is -0.137. The van der Waals surface area contributed by atoms with Crippen LogP contribution >= 0.6 is 11.8 Å². The normalized spacial score (nSPS) is 28.8. The van der Waals surface area contributed by atoms with Crippen LogP contribution in [0.2, 0.25) is 0 Å². The number of aliphatic imine (C=N–C) groups is 1. The number of rotatable bonds is 2. The summed E-state index contributed by atoms with van der Waals surface area (Å²) in [6, 6.07) is 2.42. The lowest BCUT2D eigenvalue weighted by atomic mass is 9.84. The zero-order valence-electron chi connectivity index (χ0n) is 13.0. The van der Waals surface area contributed by atoms with Crippen molar-refractivity contribution in [2.24, 2.45) is 16.6 Å². The molecule has 0 aromatic carbocycles. The molecular weight excluding hydrogens is 325 g/mol. The van der Waals surface area contributed by atoms with Crippen LogP contribution in [-0.4, -0.2) is 39.9 Å². The van der Waals surface area contributed by atoms with E-state index in [2.05, 4.69) is 28.7 Å². The topological polar surface area (TPSA) is 54.5 Å². The standard InChI is InChI=1S/C15H19F3N4S/c1-9(2)22-6-11-7-23-13(19)21-14(11,8-22)12-5-10(3-4-20-12)15(16,17)18/h3-5,9,11H,6-8H2,1-2H3,(H2,19,21). The quantitative estimate of drug-likeness (QED) is 0.896. The van der Waals surface area contributed by atoms with E-state index in [-0.39, 0.29) is 5.92 Å². The average molecular weight is 344 g/mol. The molecule has 2 atom stereocenters. The van der Waals surface area contributed by atoms with Gasteiger partial charge in [-0.3, -0.25) is 9.88 Å². The summed E-state index contributed by atoms with van der Waals surface area (Å²) in [4.78, 5) is 11.1. The van der Waals surface area contributed by atoms with Crippen molar-refractivity contribution in [3.8, 4) is 0 Å². The van der Waals surface area contributed by atoms with Crippen LogP contribution in [0.1, 0.15) is 25.1 Å². The largest absolute Gasteiger partial charge is 0.416 e. The minimum absolute atomic E-state index is 0.109. The van der Waals surface area contributed by atoms with E-state index in [4.69, 9.17) is 5.73 Å². The molecule has 2 unspecified atom stereocenters. The Labute approximate surface area is 137 Å². The molecule has 0 radical (unpaired) electrons. The number of thioether (sulfide) groups is 1. The fraction of sp³-hybridized carbons (Fsp3) is 0.600. The van der Waals surface area contributed by atoms with Crippen LogP contribution in [0.4, 0.5) is 13.2 Å². The van der Waals surface area contributed by atoms with Gasteiger partial charge in [-0.1, -0.05) is 11.8 Å². The van der Waals surface area contributed by atoms with E-state index in [1.54, 1.807) is 0 Å². The maximum atomic E-state index is 13.1. The van der Waals surface area contributed by atoms with Gasteiger partial charge in [0.2, 0.25) is 0 Å². The minimum Gasteiger partial charge on any atom is -0.379 e. The van der Waals surface area contributed by atoms with Gasteiger partial charge in [-0.2, -0.15) is 13.2 Å². The second-order valence-electron chi connectivity index (χ2n) is 6.33. The van der Waals surface area contributed by atoms with Gasteiger partial charge in [-0.15, -0.1) is 0 Å². The third-order valence-electron chi connectivity index (χ3n) is 4.58. The van der Waals surface area contributed by atoms with E-state index in [1.165, 1.54) is 18.0 Å². The van der Waals surface area contributed by atoms with Crippen molar-refractivity contribution in [1.82, 2.24) is 9.88 Å². The molecule has 4 nitrogen and oxygen atoms in total. The highest BCUT2D eigenvalue weighted by molar-refractivity contribution is 8.13. The first-order valence-electron chi connectivity index (χ1n) is 7.48. The van der Waals surface area contributed by atoms with Gasteiger partial charge in [-0.05, 0) is 26.0 Å². The molecule has 1 aromatic heterocycles. The molecule has 0 spiro atoms. The van der Waals surface area contributed by atoms with Gasteiger partial charge in [0.25, 0.3) is 0 Å². The third kappa shape index (κ3) is 2.94. The van der Waals surface area contributed by atoms with Crippen LogP contribution in [0.25, 0.3) is 0 Å². The molecule has 1 aromatic rings. The van der Waals surface area contributed by atoms with E-state index < -0.39 is 17.3 Å². The predicted molar refractivity (Wildman–Crippen MR) is 85.2 cm³/mol. The number of halogens is 3. The van der Waals surface area contributed by atoms with Crippen LogP contribution in [-0.2, 0) is 11.7 Å². The number of amidine groups is 1. The highest BCUT2D eigenvalue weighted by atomic mass is 32.2. The second kappa shape index (κ2) is 5.66. The summed E-state index contributed by atoms with van der Waals surface area (Å²) >= 11 is 1.46. The van der Waals surface area contributed by atoms with Crippen molar-refractivity contribution in [3.05, 3.63) is 29.6 Å². The molecule has 126 valence electrons. The SMILES string of the molecule is CC(C)N1CC2CSC(N)=NC2(c2cc(C(F)(F)F)ccn2)C1. The molecule has 2 N–H and O–H groups in total. The lowest BCUT2D eigenvalue weighted by Gasteiger charge is -2.34. The van der Waals surface area contributed by atoms with Crippen molar-refractivity contribution >= 4 is 16.9 Å². The molecule has 1 saturated heterocycles. The Kier molecular flexibility index (Phi) is 4.08. The number of hydrogen-bond donors (Lipinski definition) is 1. The molecule has 3 heterocycles. The molecule has 23 heavy (non-hydrogen) atoms. The molecule has 2 aliphatic rings. The van der Waals surface area contributed by atoms with E-state index in [1.807, 2.05) is 0 Å². The summed E-state index contributed by atoms with van der Waals surface area (Å²) in [6.45, 7) is 5.49. The first kappa shape index (κ1) is 16.6. The Balaban J connectivity index is 2.08. The Bertz CT molecular complexity index is 631. The molecular formula is C15H19F3N4S. The first-order valence-corrected chi connectivity index (χ1v) is 8.47. The highest BCUT2D eigenvalue weighted by Crippen LogP contribution is 2.46. The van der Waals surface area contributed by atoms with E-state index in [9.17, 15) is 13.2 Å². The van der Waals surface area contributed by atoms with Crippen molar-refractivity contribution in [2.45, 2.75) is 31.6 Å². The number of pyridine rings is 1. The molecule has 3 rings (SSSR count). The summed E-state index contributed by atoms with van der Waals surface area (Å²) < 4.78 is 39.2. The predicted octanol–water partition coefficient (Wildman–Crippen LogP) is 2.70. The van der Waals surface area contributed by atoms with Crippen molar-refractivity contribution in [2.75, 3.05) is 18.8 Å².